The highest BCUT2D eigenvalue weighted by atomic mass is 16.2. The van der Waals surface area contributed by atoms with E-state index in [0.717, 1.165) is 24.7 Å². The minimum atomic E-state index is 0.896. The van der Waals surface area contributed by atoms with Crippen molar-refractivity contribution in [2.24, 2.45) is 0 Å². The lowest BCUT2D eigenvalue weighted by Crippen LogP contribution is -1.72. The van der Waals surface area contributed by atoms with Crippen LogP contribution in [0.5, 0.6) is 0 Å². The quantitative estimate of drug-likeness (QED) is 0.455. The first-order valence-electron chi connectivity index (χ1n) is 3.34. The summed E-state index contributed by atoms with van der Waals surface area (Å²) in [6.07, 6.45) is 7.06. The van der Waals surface area contributed by atoms with Crippen LogP contribution >= 0.6 is 0 Å². The number of rotatable bonds is 3. The van der Waals surface area contributed by atoms with Crippen LogP contribution in [0.4, 0.5) is 0 Å². The van der Waals surface area contributed by atoms with Crippen LogP contribution in [0.1, 0.15) is 26.7 Å². The zero-order chi connectivity index (χ0) is 7.11. The van der Waals surface area contributed by atoms with Crippen LogP contribution in [0.25, 0.3) is 0 Å². The Bertz CT molecular complexity index is 112. The van der Waals surface area contributed by atoms with Crippen molar-refractivity contribution in [1.82, 2.24) is 0 Å². The van der Waals surface area contributed by atoms with Gasteiger partial charge in [-0.25, -0.2) is 0 Å². The molecule has 0 aliphatic rings. The van der Waals surface area contributed by atoms with Crippen molar-refractivity contribution in [3.8, 4) is 0 Å². The number of allylic oxidation sites excluding steroid dienone is 3. The molecule has 0 spiro atoms. The lowest BCUT2D eigenvalue weighted by Gasteiger charge is -1.90. The van der Waals surface area contributed by atoms with Gasteiger partial charge in [0, 0.05) is 0 Å². The molecule has 1 heteroatoms. The average Bonchev–Trinajstić information content (AvgIpc) is 1.91. The van der Waals surface area contributed by atoms with Crippen LogP contribution in [-0.2, 0) is 0 Å². The van der Waals surface area contributed by atoms with Crippen LogP contribution in [0, 0.1) is 0 Å². The smallest absolute Gasteiger partial charge is 0.0823 e. The number of aliphatic hydroxyl groups excluding tert-OH is 1. The molecular formula is C8H14O. The Morgan fingerprint density at radius 2 is 2.11 bits per heavy atom. The fourth-order valence-electron chi connectivity index (χ4n) is 0.521. The minimum absolute atomic E-state index is 0.896. The molecule has 0 aliphatic heterocycles. The molecule has 1 N–H and O–H groups in total. The Kier molecular flexibility index (Phi) is 4.98. The van der Waals surface area contributed by atoms with Gasteiger partial charge in [-0.15, -0.1) is 0 Å². The lowest BCUT2D eigenvalue weighted by atomic mass is 10.2. The highest BCUT2D eigenvalue weighted by Gasteiger charge is 1.82. The molecule has 0 amide bonds. The second-order valence-corrected chi connectivity index (χ2v) is 1.87. The number of hydrogen-bond donors (Lipinski definition) is 1. The van der Waals surface area contributed by atoms with Gasteiger partial charge in [-0.1, -0.05) is 26.0 Å². The Morgan fingerprint density at radius 3 is 2.44 bits per heavy atom. The largest absolute Gasteiger partial charge is 0.515 e. The second-order valence-electron chi connectivity index (χ2n) is 1.87. The minimum Gasteiger partial charge on any atom is -0.515 e. The summed E-state index contributed by atoms with van der Waals surface area (Å²) in [7, 11) is 0. The molecule has 0 aliphatic carbocycles. The molecule has 52 valence electrons. The fraction of sp³-hybridized carbons (Fsp3) is 0.500. The molecule has 0 atom stereocenters. The van der Waals surface area contributed by atoms with Crippen molar-refractivity contribution >= 4 is 0 Å². The summed E-state index contributed by atoms with van der Waals surface area (Å²) in [5.41, 5.74) is 0.983. The summed E-state index contributed by atoms with van der Waals surface area (Å²) < 4.78 is 0. The molecule has 0 rings (SSSR count). The molecule has 0 fully saturated rings. The van der Waals surface area contributed by atoms with Crippen molar-refractivity contribution in [3.05, 3.63) is 24.0 Å². The summed E-state index contributed by atoms with van der Waals surface area (Å²) >= 11 is 0. The standard InChI is InChI=1S/C8H14O/c1-3-5-6-8(4-2)7-9/h5-7,9H,3-4H2,1-2H3. The second kappa shape index (κ2) is 5.42. The van der Waals surface area contributed by atoms with Crippen molar-refractivity contribution in [2.75, 3.05) is 0 Å². The molecule has 0 saturated carbocycles. The van der Waals surface area contributed by atoms with Crippen LogP contribution in [0.15, 0.2) is 24.0 Å². The van der Waals surface area contributed by atoms with Crippen molar-refractivity contribution < 1.29 is 5.11 Å². The molecule has 9 heavy (non-hydrogen) atoms. The maximum Gasteiger partial charge on any atom is 0.0823 e. The van der Waals surface area contributed by atoms with Crippen LogP contribution in [-0.4, -0.2) is 5.11 Å². The highest BCUT2D eigenvalue weighted by molar-refractivity contribution is 5.14. The van der Waals surface area contributed by atoms with Crippen LogP contribution in [0.3, 0.4) is 0 Å². The van der Waals surface area contributed by atoms with Crippen LogP contribution in [0.2, 0.25) is 0 Å². The molecular weight excluding hydrogens is 112 g/mol. The Balaban J connectivity index is 3.70. The van der Waals surface area contributed by atoms with E-state index in [1.54, 1.807) is 0 Å². The predicted octanol–water partition coefficient (Wildman–Crippen LogP) is 2.80. The van der Waals surface area contributed by atoms with E-state index < -0.39 is 0 Å². The third kappa shape index (κ3) is 3.83. The molecule has 0 aromatic carbocycles. The Labute approximate surface area is 56.7 Å². The van der Waals surface area contributed by atoms with E-state index in [0.29, 0.717) is 0 Å². The number of aliphatic hydroxyl groups is 1. The van der Waals surface area contributed by atoms with Gasteiger partial charge in [0.2, 0.25) is 0 Å². The molecule has 0 radical (unpaired) electrons. The van der Waals surface area contributed by atoms with E-state index in [4.69, 9.17) is 5.11 Å². The van der Waals surface area contributed by atoms with Gasteiger partial charge >= 0.3 is 0 Å². The maximum absolute atomic E-state index is 8.54. The van der Waals surface area contributed by atoms with E-state index in [-0.39, 0.29) is 0 Å². The molecule has 0 saturated heterocycles. The number of hydrogen-bond acceptors (Lipinski definition) is 1. The van der Waals surface area contributed by atoms with E-state index >= 15 is 0 Å². The third-order valence-electron chi connectivity index (χ3n) is 1.14. The lowest BCUT2D eigenvalue weighted by molar-refractivity contribution is 0.467. The molecule has 0 unspecified atom stereocenters. The van der Waals surface area contributed by atoms with E-state index in [1.807, 2.05) is 19.1 Å². The zero-order valence-electron chi connectivity index (χ0n) is 6.09. The van der Waals surface area contributed by atoms with Gasteiger partial charge in [-0.2, -0.15) is 0 Å². The monoisotopic (exact) mass is 126 g/mol. The molecule has 0 bridgehead atoms. The van der Waals surface area contributed by atoms with Gasteiger partial charge in [0.05, 0.1) is 6.26 Å². The van der Waals surface area contributed by atoms with Crippen molar-refractivity contribution in [2.45, 2.75) is 26.7 Å². The molecule has 0 aromatic heterocycles. The van der Waals surface area contributed by atoms with Gasteiger partial charge in [-0.05, 0) is 18.4 Å². The summed E-state index contributed by atoms with van der Waals surface area (Å²) in [4.78, 5) is 0. The SMILES string of the molecule is CCC=CC(=CO)CC. The summed E-state index contributed by atoms with van der Waals surface area (Å²) in [5, 5.41) is 8.54. The predicted molar refractivity (Wildman–Crippen MR) is 40.4 cm³/mol. The van der Waals surface area contributed by atoms with Gasteiger partial charge < -0.3 is 5.11 Å². The fourth-order valence-corrected chi connectivity index (χ4v) is 0.521. The first kappa shape index (κ1) is 8.28. The highest BCUT2D eigenvalue weighted by Crippen LogP contribution is 2.00. The summed E-state index contributed by atoms with van der Waals surface area (Å²) in [6.45, 7) is 4.09. The van der Waals surface area contributed by atoms with Crippen molar-refractivity contribution in [1.29, 1.82) is 0 Å². The van der Waals surface area contributed by atoms with Gasteiger partial charge in [0.15, 0.2) is 0 Å². The van der Waals surface area contributed by atoms with Gasteiger partial charge in [0.25, 0.3) is 0 Å². The average molecular weight is 126 g/mol. The Morgan fingerprint density at radius 1 is 1.44 bits per heavy atom. The van der Waals surface area contributed by atoms with E-state index in [1.165, 1.54) is 0 Å². The first-order valence-corrected chi connectivity index (χ1v) is 3.34. The van der Waals surface area contributed by atoms with E-state index in [9.17, 15) is 0 Å². The first-order chi connectivity index (χ1) is 4.35. The Hall–Kier alpha value is -0.720. The van der Waals surface area contributed by atoms with Gasteiger partial charge in [0.1, 0.15) is 0 Å². The molecule has 0 aromatic rings. The normalized spacial score (nSPS) is 12.9. The molecule has 1 nitrogen and oxygen atoms in total. The van der Waals surface area contributed by atoms with E-state index in [2.05, 4.69) is 6.92 Å². The van der Waals surface area contributed by atoms with Gasteiger partial charge in [-0.3, -0.25) is 0 Å². The van der Waals surface area contributed by atoms with Crippen molar-refractivity contribution in [3.63, 3.8) is 0 Å². The maximum atomic E-state index is 8.54. The third-order valence-corrected chi connectivity index (χ3v) is 1.14. The topological polar surface area (TPSA) is 20.2 Å². The van der Waals surface area contributed by atoms with Crippen LogP contribution < -0.4 is 0 Å². The molecule has 0 heterocycles. The summed E-state index contributed by atoms with van der Waals surface area (Å²) in [6, 6.07) is 0. The zero-order valence-corrected chi connectivity index (χ0v) is 6.09. The summed E-state index contributed by atoms with van der Waals surface area (Å²) in [5.74, 6) is 0.